The van der Waals surface area contributed by atoms with E-state index >= 15 is 0 Å². The van der Waals surface area contributed by atoms with Gasteiger partial charge >= 0.3 is 0 Å². The molecule has 0 saturated carbocycles. The van der Waals surface area contributed by atoms with Crippen molar-refractivity contribution >= 4 is 22.9 Å². The van der Waals surface area contributed by atoms with Gasteiger partial charge in [0.15, 0.2) is 0 Å². The number of aryl methyl sites for hydroxylation is 1. The highest BCUT2D eigenvalue weighted by Crippen LogP contribution is 2.32. The van der Waals surface area contributed by atoms with Crippen molar-refractivity contribution in [1.29, 1.82) is 0 Å². The molecule has 0 radical (unpaired) electrons. The van der Waals surface area contributed by atoms with Gasteiger partial charge in [0, 0.05) is 17.3 Å². The van der Waals surface area contributed by atoms with Gasteiger partial charge in [-0.1, -0.05) is 42.8 Å². The fraction of sp³-hybridized carbons (Fsp3) is 0.286. The van der Waals surface area contributed by atoms with Crippen LogP contribution in [0.3, 0.4) is 0 Å². The molecule has 0 amide bonds. The lowest BCUT2D eigenvalue weighted by molar-refractivity contribution is 0.834. The maximum atomic E-state index is 5.97. The van der Waals surface area contributed by atoms with Gasteiger partial charge < -0.3 is 5.73 Å². The molecule has 0 saturated heterocycles. The topological polar surface area (TPSA) is 26.0 Å². The second-order valence-corrected chi connectivity index (χ2v) is 5.77. The summed E-state index contributed by atoms with van der Waals surface area (Å²) in [6.07, 6.45) is 1.07. The van der Waals surface area contributed by atoms with E-state index in [0.29, 0.717) is 6.54 Å². The molecule has 2 aromatic rings. The van der Waals surface area contributed by atoms with Gasteiger partial charge in [0.1, 0.15) is 0 Å². The highest BCUT2D eigenvalue weighted by molar-refractivity contribution is 7.16. The minimum absolute atomic E-state index is 0.262. The van der Waals surface area contributed by atoms with Crippen LogP contribution >= 0.6 is 22.9 Å². The van der Waals surface area contributed by atoms with Crippen molar-refractivity contribution < 1.29 is 0 Å². The Balaban J connectivity index is 2.28. The first kappa shape index (κ1) is 12.6. The van der Waals surface area contributed by atoms with Crippen LogP contribution in [0.15, 0.2) is 36.4 Å². The standard InChI is InChI=1S/C14H16ClNS/c1-2-10-3-5-11(6-4-10)12(9-16)13-7-8-14(15)17-13/h3-8,12H,2,9,16H2,1H3. The van der Waals surface area contributed by atoms with Gasteiger partial charge in [-0.3, -0.25) is 0 Å². The highest BCUT2D eigenvalue weighted by Gasteiger charge is 2.14. The fourth-order valence-electron chi connectivity index (χ4n) is 1.92. The Hall–Kier alpha value is -0.830. The van der Waals surface area contributed by atoms with Gasteiger partial charge in [0.05, 0.1) is 4.34 Å². The molecular weight excluding hydrogens is 250 g/mol. The van der Waals surface area contributed by atoms with E-state index in [2.05, 4.69) is 37.3 Å². The number of benzene rings is 1. The predicted molar refractivity (Wildman–Crippen MR) is 76.0 cm³/mol. The molecule has 0 spiro atoms. The summed E-state index contributed by atoms with van der Waals surface area (Å²) in [5, 5.41) is 0. The summed E-state index contributed by atoms with van der Waals surface area (Å²) in [6, 6.07) is 12.7. The lowest BCUT2D eigenvalue weighted by Gasteiger charge is -2.13. The number of nitrogens with two attached hydrogens (primary N) is 1. The largest absolute Gasteiger partial charge is 0.329 e. The van der Waals surface area contributed by atoms with Gasteiger partial charge in [0.25, 0.3) is 0 Å². The van der Waals surface area contributed by atoms with Crippen LogP contribution in [0.1, 0.15) is 28.8 Å². The predicted octanol–water partition coefficient (Wildman–Crippen LogP) is 4.05. The van der Waals surface area contributed by atoms with Crippen molar-refractivity contribution in [2.24, 2.45) is 5.73 Å². The molecule has 2 rings (SSSR count). The fourth-order valence-corrected chi connectivity index (χ4v) is 3.12. The van der Waals surface area contributed by atoms with Crippen molar-refractivity contribution in [2.75, 3.05) is 6.54 Å². The van der Waals surface area contributed by atoms with E-state index in [-0.39, 0.29) is 5.92 Å². The summed E-state index contributed by atoms with van der Waals surface area (Å²) in [5.41, 5.74) is 8.50. The highest BCUT2D eigenvalue weighted by atomic mass is 35.5. The van der Waals surface area contributed by atoms with Gasteiger partial charge in [0.2, 0.25) is 0 Å². The first-order chi connectivity index (χ1) is 8.24. The van der Waals surface area contributed by atoms with E-state index in [0.717, 1.165) is 10.8 Å². The van der Waals surface area contributed by atoms with Gasteiger partial charge in [-0.2, -0.15) is 0 Å². The number of hydrogen-bond donors (Lipinski definition) is 1. The van der Waals surface area contributed by atoms with E-state index in [4.69, 9.17) is 17.3 Å². The van der Waals surface area contributed by atoms with Gasteiger partial charge in [-0.25, -0.2) is 0 Å². The second kappa shape index (κ2) is 5.67. The van der Waals surface area contributed by atoms with E-state index < -0.39 is 0 Å². The zero-order chi connectivity index (χ0) is 12.3. The molecule has 0 aliphatic carbocycles. The zero-order valence-corrected chi connectivity index (χ0v) is 11.4. The quantitative estimate of drug-likeness (QED) is 0.887. The molecule has 0 bridgehead atoms. The van der Waals surface area contributed by atoms with Crippen LogP contribution in [0.5, 0.6) is 0 Å². The molecule has 1 atom stereocenters. The van der Waals surface area contributed by atoms with Crippen LogP contribution in [0, 0.1) is 0 Å². The second-order valence-electron chi connectivity index (χ2n) is 4.03. The molecule has 1 aromatic carbocycles. The SMILES string of the molecule is CCc1ccc(C(CN)c2ccc(Cl)s2)cc1. The molecule has 1 aromatic heterocycles. The average Bonchev–Trinajstić information content (AvgIpc) is 2.78. The Morgan fingerprint density at radius 3 is 2.35 bits per heavy atom. The number of thiophene rings is 1. The summed E-state index contributed by atoms with van der Waals surface area (Å²) in [5.74, 6) is 0.262. The average molecular weight is 266 g/mol. The van der Waals surface area contributed by atoms with Crippen molar-refractivity contribution in [2.45, 2.75) is 19.3 Å². The molecule has 1 unspecified atom stereocenters. The van der Waals surface area contributed by atoms with Crippen molar-refractivity contribution in [3.8, 4) is 0 Å². The molecular formula is C14H16ClNS. The van der Waals surface area contributed by atoms with Crippen LogP contribution in [0.25, 0.3) is 0 Å². The Morgan fingerprint density at radius 1 is 1.18 bits per heavy atom. The van der Waals surface area contributed by atoms with E-state index in [9.17, 15) is 0 Å². The minimum Gasteiger partial charge on any atom is -0.329 e. The molecule has 1 heterocycles. The van der Waals surface area contributed by atoms with Crippen LogP contribution in [0.2, 0.25) is 4.34 Å². The summed E-state index contributed by atoms with van der Waals surface area (Å²) < 4.78 is 0.823. The molecule has 17 heavy (non-hydrogen) atoms. The third-order valence-corrected chi connectivity index (χ3v) is 4.31. The van der Waals surface area contributed by atoms with Crippen LogP contribution in [-0.4, -0.2) is 6.54 Å². The molecule has 2 N–H and O–H groups in total. The molecule has 90 valence electrons. The number of rotatable bonds is 4. The van der Waals surface area contributed by atoms with Crippen molar-refractivity contribution in [3.05, 3.63) is 56.7 Å². The Labute approximate surface area is 111 Å². The van der Waals surface area contributed by atoms with E-state index in [1.165, 1.54) is 16.0 Å². The van der Waals surface area contributed by atoms with Crippen molar-refractivity contribution in [3.63, 3.8) is 0 Å². The summed E-state index contributed by atoms with van der Waals surface area (Å²) in [4.78, 5) is 1.24. The Morgan fingerprint density at radius 2 is 1.88 bits per heavy atom. The monoisotopic (exact) mass is 265 g/mol. The molecule has 0 fully saturated rings. The van der Waals surface area contributed by atoms with Gasteiger partial charge in [-0.15, -0.1) is 11.3 Å². The maximum Gasteiger partial charge on any atom is 0.0931 e. The first-order valence-electron chi connectivity index (χ1n) is 5.78. The summed E-state index contributed by atoms with van der Waals surface area (Å²) >= 11 is 7.58. The smallest absolute Gasteiger partial charge is 0.0931 e. The normalized spacial score (nSPS) is 12.6. The summed E-state index contributed by atoms with van der Waals surface area (Å²) in [7, 11) is 0. The third kappa shape index (κ3) is 2.89. The number of hydrogen-bond acceptors (Lipinski definition) is 2. The van der Waals surface area contributed by atoms with Crippen LogP contribution in [-0.2, 0) is 6.42 Å². The van der Waals surface area contributed by atoms with E-state index in [1.807, 2.05) is 6.07 Å². The molecule has 1 nitrogen and oxygen atoms in total. The summed E-state index contributed by atoms with van der Waals surface area (Å²) in [6.45, 7) is 2.77. The van der Waals surface area contributed by atoms with Crippen molar-refractivity contribution in [1.82, 2.24) is 0 Å². The number of halogens is 1. The third-order valence-electron chi connectivity index (χ3n) is 2.96. The lowest BCUT2D eigenvalue weighted by atomic mass is 9.96. The van der Waals surface area contributed by atoms with Gasteiger partial charge in [-0.05, 0) is 29.7 Å². The van der Waals surface area contributed by atoms with Crippen LogP contribution in [0.4, 0.5) is 0 Å². The molecule has 0 aliphatic rings. The zero-order valence-electron chi connectivity index (χ0n) is 9.82. The Bertz CT molecular complexity index is 475. The van der Waals surface area contributed by atoms with E-state index in [1.54, 1.807) is 11.3 Å². The first-order valence-corrected chi connectivity index (χ1v) is 6.98. The maximum absolute atomic E-state index is 5.97. The molecule has 3 heteroatoms. The molecule has 0 aliphatic heterocycles. The van der Waals surface area contributed by atoms with Crippen LogP contribution < -0.4 is 5.73 Å². The minimum atomic E-state index is 0.262. The lowest BCUT2D eigenvalue weighted by Crippen LogP contribution is -2.12. The Kier molecular flexibility index (Phi) is 4.21.